The molecule has 0 bridgehead atoms. The maximum Gasteiger partial charge on any atom is 0.135 e. The lowest BCUT2D eigenvalue weighted by molar-refractivity contribution is 0.628. The van der Waals surface area contributed by atoms with Crippen molar-refractivity contribution in [2.45, 2.75) is 55.4 Å². The van der Waals surface area contributed by atoms with Crippen molar-refractivity contribution < 1.29 is 8.81 Å². The van der Waals surface area contributed by atoms with E-state index in [1.807, 2.05) is 24.3 Å². The third-order valence-corrected chi connectivity index (χ3v) is 18.2. The van der Waals surface area contributed by atoms with Crippen molar-refractivity contribution in [2.75, 3.05) is 19.6 Å². The number of benzene rings is 13. The minimum Gasteiger partial charge on any atom is -0.456 e. The Bertz CT molecular complexity index is 4990. The number of anilines is 12. The summed E-state index contributed by atoms with van der Waals surface area (Å²) >= 11 is 0. The Morgan fingerprint density at radius 1 is 0.217 bits per heavy atom. The summed E-state index contributed by atoms with van der Waals surface area (Å²) in [5.74, 6) is -0.295. The van der Waals surface area contributed by atoms with Gasteiger partial charge in [-0.15, -0.1) is 0 Å². The van der Waals surface area contributed by atoms with E-state index in [2.05, 4.69) is 318 Å². The summed E-state index contributed by atoms with van der Waals surface area (Å²) in [5.41, 5.74) is 30.7. The van der Waals surface area contributed by atoms with Crippen molar-refractivity contribution in [3.63, 3.8) is 0 Å². The van der Waals surface area contributed by atoms with Crippen LogP contribution in [0.15, 0.2) is 290 Å². The van der Waals surface area contributed by atoms with Gasteiger partial charge in [0, 0.05) is 79.0 Å². The van der Waals surface area contributed by atoms with Crippen molar-refractivity contribution in [1.82, 2.24) is 0 Å². The summed E-state index contributed by atoms with van der Waals surface area (Å²) in [6, 6.07) is 101. The fourth-order valence-electron chi connectivity index (χ4n) is 12.5. The largest absolute Gasteiger partial charge is 0.456 e. The molecule has 0 saturated carbocycles. The molecule has 5 nitrogen and oxygen atoms in total. The molecular formula is C86H71FN4O. The van der Waals surface area contributed by atoms with Gasteiger partial charge in [-0.3, -0.25) is 0 Å². The van der Waals surface area contributed by atoms with E-state index in [0.29, 0.717) is 0 Å². The van der Waals surface area contributed by atoms with Crippen molar-refractivity contribution in [3.8, 4) is 33.4 Å². The van der Waals surface area contributed by atoms with Crippen LogP contribution in [0.2, 0.25) is 0 Å². The SMILES string of the molecule is Cc1ccc(N(c2ccc(-c3ccc(N(c4ccc(-c5ccc(N(c6ccc(-c7ccc(N(c8cccc(F)c8)c8ccc9oc%10ccc(C)cc%10c9c8)cc7)cc6)c6ccc(C)c(C)c6)cc5)cc4)c4ccc(C)c(C)c4)cc3)cc2)c2ccc(C)c(C)c2)cc1. The number of furan rings is 1. The van der Waals surface area contributed by atoms with Gasteiger partial charge in [-0.25, -0.2) is 4.39 Å². The van der Waals surface area contributed by atoms with E-state index in [9.17, 15) is 4.39 Å². The van der Waals surface area contributed by atoms with Crippen molar-refractivity contribution in [3.05, 3.63) is 335 Å². The number of hydrogen-bond acceptors (Lipinski definition) is 5. The zero-order chi connectivity index (χ0) is 63.1. The summed E-state index contributed by atoms with van der Waals surface area (Å²) in [6.07, 6.45) is 0. The van der Waals surface area contributed by atoms with Crippen molar-refractivity contribution >= 4 is 90.2 Å². The molecule has 0 fully saturated rings. The first-order valence-corrected chi connectivity index (χ1v) is 31.5. The maximum absolute atomic E-state index is 15.0. The Morgan fingerprint density at radius 2 is 0.478 bits per heavy atom. The first kappa shape index (κ1) is 58.5. The molecule has 1 aromatic heterocycles. The fourth-order valence-corrected chi connectivity index (χ4v) is 12.5. The summed E-state index contributed by atoms with van der Waals surface area (Å²) in [6.45, 7) is 17.3. The Morgan fingerprint density at radius 3 is 0.815 bits per heavy atom. The lowest BCUT2D eigenvalue weighted by atomic mass is 10.0. The van der Waals surface area contributed by atoms with Gasteiger partial charge in [-0.2, -0.15) is 0 Å². The van der Waals surface area contributed by atoms with Crippen molar-refractivity contribution in [1.29, 1.82) is 0 Å². The second-order valence-corrected chi connectivity index (χ2v) is 24.5. The van der Waals surface area contributed by atoms with E-state index >= 15 is 0 Å². The highest BCUT2D eigenvalue weighted by molar-refractivity contribution is 6.07. The van der Waals surface area contributed by atoms with Gasteiger partial charge in [0.2, 0.25) is 0 Å². The molecule has 0 spiro atoms. The monoisotopic (exact) mass is 1190 g/mol. The van der Waals surface area contributed by atoms with Gasteiger partial charge >= 0.3 is 0 Å². The molecule has 0 unspecified atom stereocenters. The van der Waals surface area contributed by atoms with E-state index in [1.165, 1.54) is 45.0 Å². The molecule has 13 aromatic carbocycles. The molecule has 14 aromatic rings. The topological polar surface area (TPSA) is 26.1 Å². The minimum absolute atomic E-state index is 0.295. The quantitative estimate of drug-likeness (QED) is 0.102. The lowest BCUT2D eigenvalue weighted by Crippen LogP contribution is -2.10. The molecule has 0 atom stereocenters. The molecule has 0 aliphatic rings. The number of halogens is 1. The smallest absolute Gasteiger partial charge is 0.135 e. The third-order valence-electron chi connectivity index (χ3n) is 18.2. The van der Waals surface area contributed by atoms with Gasteiger partial charge in [0.15, 0.2) is 0 Å². The highest BCUT2D eigenvalue weighted by Gasteiger charge is 2.21. The number of fused-ring (bicyclic) bond motifs is 3. The molecule has 0 saturated heterocycles. The van der Waals surface area contributed by atoms with E-state index in [4.69, 9.17) is 4.42 Å². The zero-order valence-corrected chi connectivity index (χ0v) is 53.2. The number of hydrogen-bond donors (Lipinski definition) is 0. The zero-order valence-electron chi connectivity index (χ0n) is 53.2. The molecule has 0 amide bonds. The van der Waals surface area contributed by atoms with Gasteiger partial charge in [0.05, 0.1) is 0 Å². The predicted octanol–water partition coefficient (Wildman–Crippen LogP) is 25.1. The molecule has 14 rings (SSSR count). The van der Waals surface area contributed by atoms with Crippen LogP contribution in [-0.2, 0) is 0 Å². The van der Waals surface area contributed by atoms with Gasteiger partial charge in [-0.1, -0.05) is 126 Å². The van der Waals surface area contributed by atoms with E-state index in [0.717, 1.165) is 129 Å². The van der Waals surface area contributed by atoms with Crippen LogP contribution < -0.4 is 19.6 Å². The molecule has 0 N–H and O–H groups in total. The fraction of sp³-hybridized carbons (Fsp3) is 0.0930. The van der Waals surface area contributed by atoms with Crippen LogP contribution in [0.25, 0.3) is 55.3 Å². The normalized spacial score (nSPS) is 11.3. The predicted molar refractivity (Wildman–Crippen MR) is 387 cm³/mol. The molecule has 92 heavy (non-hydrogen) atoms. The average Bonchev–Trinajstić information content (AvgIpc) is 1.56. The summed E-state index contributed by atoms with van der Waals surface area (Å²) < 4.78 is 21.2. The number of aryl methyl sites for hydroxylation is 8. The maximum atomic E-state index is 15.0. The molecule has 0 aliphatic heterocycles. The van der Waals surface area contributed by atoms with Crippen LogP contribution in [0.3, 0.4) is 0 Å². The Kier molecular flexibility index (Phi) is 15.7. The van der Waals surface area contributed by atoms with Crippen LogP contribution in [0.1, 0.15) is 44.5 Å². The molecule has 1 heterocycles. The molecule has 0 radical (unpaired) electrons. The highest BCUT2D eigenvalue weighted by atomic mass is 19.1. The Balaban J connectivity index is 0.722. The number of nitrogens with zero attached hydrogens (tertiary/aromatic N) is 4. The van der Waals surface area contributed by atoms with Crippen LogP contribution in [0.4, 0.5) is 72.6 Å². The van der Waals surface area contributed by atoms with E-state index < -0.39 is 0 Å². The van der Waals surface area contributed by atoms with Crippen molar-refractivity contribution in [2.24, 2.45) is 0 Å². The summed E-state index contributed by atoms with van der Waals surface area (Å²) in [5, 5.41) is 2.07. The minimum atomic E-state index is -0.295. The standard InChI is InChI=1S/C86H71FN4O/c1-56-12-30-71(31-13-56)88(79-32-15-58(3)61(6)51-79)72-35-18-64(19-36-72)65-20-37-73(38-21-65)89(80-33-16-59(4)62(7)52-80)74-39-22-66(23-40-74)67-24-41-75(42-25-67)90(81-34-17-60(5)63(8)53-81)76-43-26-68(27-44-76)69-28-45-77(46-29-69)91(78-11-9-10-70(87)54-78)82-47-49-86-84(55-82)83-50-57(2)14-48-85(83)92-86/h9-55H,1-8H3. The summed E-state index contributed by atoms with van der Waals surface area (Å²) in [7, 11) is 0. The first-order valence-electron chi connectivity index (χ1n) is 31.5. The van der Waals surface area contributed by atoms with Crippen LogP contribution in [0.5, 0.6) is 0 Å². The molecule has 0 aliphatic carbocycles. The Hall–Kier alpha value is -11.2. The van der Waals surface area contributed by atoms with Gasteiger partial charge in [0.25, 0.3) is 0 Å². The molecule has 448 valence electrons. The summed E-state index contributed by atoms with van der Waals surface area (Å²) in [4.78, 5) is 9.12. The lowest BCUT2D eigenvalue weighted by Gasteiger charge is -2.27. The second kappa shape index (κ2) is 24.6. The highest BCUT2D eigenvalue weighted by Crippen LogP contribution is 2.44. The number of rotatable bonds is 15. The molecular weight excluding hydrogens is 1120 g/mol. The average molecular weight is 1200 g/mol. The van der Waals surface area contributed by atoms with Crippen LogP contribution in [-0.4, -0.2) is 0 Å². The van der Waals surface area contributed by atoms with Gasteiger partial charge in [0.1, 0.15) is 17.0 Å². The van der Waals surface area contributed by atoms with Gasteiger partial charge in [-0.05, 0) is 292 Å². The third kappa shape index (κ3) is 11.7. The van der Waals surface area contributed by atoms with E-state index in [1.54, 1.807) is 12.1 Å². The van der Waals surface area contributed by atoms with Crippen LogP contribution in [0, 0.1) is 61.2 Å². The van der Waals surface area contributed by atoms with Gasteiger partial charge < -0.3 is 24.0 Å². The van der Waals surface area contributed by atoms with Crippen LogP contribution >= 0.6 is 0 Å². The second-order valence-electron chi connectivity index (χ2n) is 24.5. The first-order chi connectivity index (χ1) is 44.7. The van der Waals surface area contributed by atoms with E-state index in [-0.39, 0.29) is 5.82 Å². The Labute approximate surface area is 539 Å². The molecule has 6 heteroatoms.